The van der Waals surface area contributed by atoms with Crippen LogP contribution in [0.3, 0.4) is 0 Å². The molecular weight excluding hydrogens is 252 g/mol. The first-order valence-corrected chi connectivity index (χ1v) is 7.64. The van der Waals surface area contributed by atoms with Crippen LogP contribution < -0.4 is 10.6 Å². The number of nitrogens with zero attached hydrogens (tertiary/aromatic N) is 2. The number of aromatic nitrogens is 2. The first kappa shape index (κ1) is 15.0. The molecule has 112 valence electrons. The molecule has 0 amide bonds. The maximum absolute atomic E-state index is 9.22. The van der Waals surface area contributed by atoms with Crippen molar-refractivity contribution in [2.75, 3.05) is 23.8 Å². The second-order valence-corrected chi connectivity index (χ2v) is 5.79. The van der Waals surface area contributed by atoms with E-state index in [4.69, 9.17) is 0 Å². The monoisotopic (exact) mass is 278 g/mol. The van der Waals surface area contributed by atoms with Gasteiger partial charge in [-0.25, -0.2) is 9.97 Å². The number of rotatable bonds is 8. The van der Waals surface area contributed by atoms with Crippen molar-refractivity contribution in [3.05, 3.63) is 11.9 Å². The molecule has 0 aliphatic heterocycles. The van der Waals surface area contributed by atoms with Crippen LogP contribution in [0.15, 0.2) is 6.07 Å². The number of aliphatic hydroxyl groups is 1. The van der Waals surface area contributed by atoms with Gasteiger partial charge in [0.15, 0.2) is 0 Å². The minimum absolute atomic E-state index is 0.176. The number of hydrogen-bond donors (Lipinski definition) is 3. The molecule has 1 aliphatic rings. The number of aliphatic hydroxyl groups excluding tert-OH is 1. The molecule has 5 nitrogen and oxygen atoms in total. The van der Waals surface area contributed by atoms with Gasteiger partial charge in [-0.05, 0) is 32.1 Å². The Morgan fingerprint density at radius 3 is 2.60 bits per heavy atom. The highest BCUT2D eigenvalue weighted by Crippen LogP contribution is 2.38. The van der Waals surface area contributed by atoms with Gasteiger partial charge in [0.2, 0.25) is 0 Å². The van der Waals surface area contributed by atoms with Crippen molar-refractivity contribution in [2.24, 2.45) is 5.92 Å². The van der Waals surface area contributed by atoms with E-state index >= 15 is 0 Å². The highest BCUT2D eigenvalue weighted by atomic mass is 16.3. The van der Waals surface area contributed by atoms with E-state index < -0.39 is 0 Å². The summed E-state index contributed by atoms with van der Waals surface area (Å²) >= 11 is 0. The van der Waals surface area contributed by atoms with Gasteiger partial charge in [-0.1, -0.05) is 13.8 Å². The Balaban J connectivity index is 2.11. The number of nitrogens with one attached hydrogen (secondary N) is 2. The zero-order chi connectivity index (χ0) is 14.5. The van der Waals surface area contributed by atoms with Gasteiger partial charge < -0.3 is 15.7 Å². The van der Waals surface area contributed by atoms with Gasteiger partial charge in [0.25, 0.3) is 0 Å². The summed E-state index contributed by atoms with van der Waals surface area (Å²) in [5, 5.41) is 15.9. The lowest BCUT2D eigenvalue weighted by molar-refractivity contribution is 0.226. The largest absolute Gasteiger partial charge is 0.396 e. The summed E-state index contributed by atoms with van der Waals surface area (Å²) in [5.41, 5.74) is 0. The lowest BCUT2D eigenvalue weighted by atomic mass is 10.1. The van der Waals surface area contributed by atoms with E-state index in [2.05, 4.69) is 34.4 Å². The van der Waals surface area contributed by atoms with E-state index in [1.807, 2.05) is 13.0 Å². The highest BCUT2D eigenvalue weighted by Gasteiger charge is 2.27. The number of hydrogen-bond acceptors (Lipinski definition) is 5. The molecule has 1 saturated carbocycles. The summed E-state index contributed by atoms with van der Waals surface area (Å²) in [5.74, 6) is 3.42. The molecule has 2 atom stereocenters. The third-order valence-electron chi connectivity index (χ3n) is 3.76. The molecule has 20 heavy (non-hydrogen) atoms. The van der Waals surface area contributed by atoms with Gasteiger partial charge in [-0.15, -0.1) is 0 Å². The summed E-state index contributed by atoms with van der Waals surface area (Å²) in [4.78, 5) is 9.21. The molecule has 1 aromatic rings. The van der Waals surface area contributed by atoms with Crippen molar-refractivity contribution < 1.29 is 5.11 Å². The standard InChI is InChI=1S/C15H26N4O/c1-4-7-16-13-8-14(17-11(3)10(2)9-20)19-15(18-13)12-5-6-12/h8,10-12,20H,4-7,9H2,1-3H3,(H2,16,17,18,19). The molecule has 2 rings (SSSR count). The van der Waals surface area contributed by atoms with Crippen LogP contribution in [0.25, 0.3) is 0 Å². The van der Waals surface area contributed by atoms with Crippen LogP contribution in [0.4, 0.5) is 11.6 Å². The smallest absolute Gasteiger partial charge is 0.136 e. The molecule has 1 heterocycles. The van der Waals surface area contributed by atoms with Crippen molar-refractivity contribution in [1.29, 1.82) is 0 Å². The Bertz CT molecular complexity index is 434. The van der Waals surface area contributed by atoms with E-state index in [1.165, 1.54) is 12.8 Å². The third-order valence-corrected chi connectivity index (χ3v) is 3.76. The second kappa shape index (κ2) is 6.88. The summed E-state index contributed by atoms with van der Waals surface area (Å²) in [7, 11) is 0. The Kier molecular flexibility index (Phi) is 5.17. The topological polar surface area (TPSA) is 70.1 Å². The molecular formula is C15H26N4O. The van der Waals surface area contributed by atoms with E-state index in [9.17, 15) is 5.11 Å². The summed E-state index contributed by atoms with van der Waals surface area (Å²) in [6.07, 6.45) is 3.46. The SMILES string of the molecule is CCCNc1cc(NC(C)C(C)CO)nc(C2CC2)n1. The van der Waals surface area contributed by atoms with Crippen LogP contribution in [0.2, 0.25) is 0 Å². The average Bonchev–Trinajstić information content (AvgIpc) is 3.28. The van der Waals surface area contributed by atoms with Gasteiger partial charge in [-0.3, -0.25) is 0 Å². The summed E-state index contributed by atoms with van der Waals surface area (Å²) in [6.45, 7) is 7.33. The molecule has 5 heteroatoms. The van der Waals surface area contributed by atoms with Gasteiger partial charge in [-0.2, -0.15) is 0 Å². The molecule has 3 N–H and O–H groups in total. The first-order chi connectivity index (χ1) is 9.63. The van der Waals surface area contributed by atoms with Crippen molar-refractivity contribution in [2.45, 2.75) is 52.0 Å². The fourth-order valence-electron chi connectivity index (χ4n) is 1.94. The molecule has 1 fully saturated rings. The third kappa shape index (κ3) is 4.07. The minimum Gasteiger partial charge on any atom is -0.396 e. The molecule has 0 bridgehead atoms. The first-order valence-electron chi connectivity index (χ1n) is 7.64. The fraction of sp³-hybridized carbons (Fsp3) is 0.733. The molecule has 2 unspecified atom stereocenters. The lowest BCUT2D eigenvalue weighted by Crippen LogP contribution is -2.27. The molecule has 1 aliphatic carbocycles. The second-order valence-electron chi connectivity index (χ2n) is 5.79. The molecule has 1 aromatic heterocycles. The fourth-order valence-corrected chi connectivity index (χ4v) is 1.94. The Hall–Kier alpha value is -1.36. The van der Waals surface area contributed by atoms with E-state index in [0.29, 0.717) is 5.92 Å². The predicted octanol–water partition coefficient (Wildman–Crippen LogP) is 2.60. The molecule has 0 radical (unpaired) electrons. The molecule has 0 aromatic carbocycles. The highest BCUT2D eigenvalue weighted by molar-refractivity contribution is 5.48. The van der Waals surface area contributed by atoms with Gasteiger partial charge in [0.1, 0.15) is 17.5 Å². The van der Waals surface area contributed by atoms with E-state index in [-0.39, 0.29) is 18.6 Å². The number of anilines is 2. The van der Waals surface area contributed by atoms with Crippen LogP contribution >= 0.6 is 0 Å². The van der Waals surface area contributed by atoms with Crippen LogP contribution in [0.1, 0.15) is 51.8 Å². The summed E-state index contributed by atoms with van der Waals surface area (Å²) in [6, 6.07) is 2.14. The zero-order valence-electron chi connectivity index (χ0n) is 12.7. The zero-order valence-corrected chi connectivity index (χ0v) is 12.7. The van der Waals surface area contributed by atoms with Crippen LogP contribution in [-0.2, 0) is 0 Å². The van der Waals surface area contributed by atoms with Crippen molar-refractivity contribution >= 4 is 11.6 Å². The van der Waals surface area contributed by atoms with Crippen LogP contribution in [-0.4, -0.2) is 34.3 Å². The molecule has 0 saturated heterocycles. The predicted molar refractivity (Wildman–Crippen MR) is 82.1 cm³/mol. The van der Waals surface area contributed by atoms with E-state index in [1.54, 1.807) is 0 Å². The van der Waals surface area contributed by atoms with E-state index in [0.717, 1.165) is 30.4 Å². The van der Waals surface area contributed by atoms with Gasteiger partial charge >= 0.3 is 0 Å². The van der Waals surface area contributed by atoms with Crippen molar-refractivity contribution in [1.82, 2.24) is 9.97 Å². The minimum atomic E-state index is 0.176. The van der Waals surface area contributed by atoms with Gasteiger partial charge in [0, 0.05) is 31.2 Å². The molecule has 0 spiro atoms. The van der Waals surface area contributed by atoms with Crippen LogP contribution in [0.5, 0.6) is 0 Å². The maximum Gasteiger partial charge on any atom is 0.136 e. The Morgan fingerprint density at radius 2 is 2.00 bits per heavy atom. The van der Waals surface area contributed by atoms with Gasteiger partial charge in [0.05, 0.1) is 0 Å². The van der Waals surface area contributed by atoms with Crippen molar-refractivity contribution in [3.63, 3.8) is 0 Å². The van der Waals surface area contributed by atoms with Crippen molar-refractivity contribution in [3.8, 4) is 0 Å². The normalized spacial score (nSPS) is 17.6. The Labute approximate surface area is 121 Å². The Morgan fingerprint density at radius 1 is 1.30 bits per heavy atom. The summed E-state index contributed by atoms with van der Waals surface area (Å²) < 4.78 is 0. The average molecular weight is 278 g/mol. The van der Waals surface area contributed by atoms with Crippen LogP contribution in [0, 0.1) is 5.92 Å². The lowest BCUT2D eigenvalue weighted by Gasteiger charge is -2.20. The quantitative estimate of drug-likeness (QED) is 0.682. The maximum atomic E-state index is 9.22.